The van der Waals surface area contributed by atoms with Crippen molar-refractivity contribution in [2.45, 2.75) is 4.90 Å². The third-order valence-corrected chi connectivity index (χ3v) is 2.32. The minimum Gasteiger partial charge on any atom is -0.279 e. The molecule has 1 rings (SSSR count). The van der Waals surface area contributed by atoms with Gasteiger partial charge in [0.25, 0.3) is 0 Å². The highest BCUT2D eigenvalue weighted by Gasteiger charge is 2.05. The fraction of sp³-hybridized carbons (Fsp3) is 0. The molecule has 0 aliphatic carbocycles. The number of sulfonamides is 1. The molecule has 0 aliphatic heterocycles. The van der Waals surface area contributed by atoms with E-state index in [1.165, 1.54) is 12.1 Å². The lowest BCUT2D eigenvalue weighted by Crippen LogP contribution is -2.11. The molecule has 0 atom stereocenters. The van der Waals surface area contributed by atoms with Gasteiger partial charge in [0.05, 0.1) is 10.6 Å². The van der Waals surface area contributed by atoms with Crippen LogP contribution in [0.5, 0.6) is 0 Å². The number of anilines is 1. The van der Waals surface area contributed by atoms with Crippen LogP contribution in [0.1, 0.15) is 0 Å². The van der Waals surface area contributed by atoms with Gasteiger partial charge in [0.1, 0.15) is 0 Å². The van der Waals surface area contributed by atoms with E-state index in [0.717, 1.165) is 0 Å². The van der Waals surface area contributed by atoms with E-state index in [-0.39, 0.29) is 4.90 Å². The zero-order valence-corrected chi connectivity index (χ0v) is 7.58. The van der Waals surface area contributed by atoms with Gasteiger partial charge in [-0.3, -0.25) is 5.43 Å². The Balaban J connectivity index is 3.01. The molecular weight excluding hydrogens is 190 g/mol. The molecule has 13 heavy (non-hydrogen) atoms. The number of rotatable bonds is 3. The van der Waals surface area contributed by atoms with Crippen LogP contribution >= 0.6 is 0 Å². The van der Waals surface area contributed by atoms with Crippen LogP contribution in [0.15, 0.2) is 34.3 Å². The number of nitrogens with one attached hydrogen (secondary N) is 1. The Kier molecular flexibility index (Phi) is 2.64. The first-order valence-electron chi connectivity index (χ1n) is 3.38. The Morgan fingerprint density at radius 2 is 1.85 bits per heavy atom. The van der Waals surface area contributed by atoms with E-state index in [2.05, 4.69) is 17.2 Å². The summed E-state index contributed by atoms with van der Waals surface area (Å²) in [5.74, 6) is 0. The molecule has 1 aromatic carbocycles. The standard InChI is InChI=1S/C7H9N3O2S/c1-9-10-6-2-4-7(5-3-6)13(8,11)12/h2-5,10H,1H2,(H2,8,11,12). The summed E-state index contributed by atoms with van der Waals surface area (Å²) in [7, 11) is -3.61. The molecule has 3 N–H and O–H groups in total. The molecule has 1 aromatic rings. The van der Waals surface area contributed by atoms with Gasteiger partial charge in [-0.2, -0.15) is 5.10 Å². The second kappa shape index (κ2) is 3.55. The topological polar surface area (TPSA) is 84.5 Å². The van der Waals surface area contributed by atoms with Gasteiger partial charge in [-0.25, -0.2) is 13.6 Å². The van der Waals surface area contributed by atoms with Gasteiger partial charge in [0.2, 0.25) is 10.0 Å². The number of hydrogen-bond acceptors (Lipinski definition) is 4. The van der Waals surface area contributed by atoms with E-state index in [0.29, 0.717) is 5.69 Å². The van der Waals surface area contributed by atoms with Crippen molar-refractivity contribution < 1.29 is 8.42 Å². The number of nitrogens with two attached hydrogens (primary N) is 1. The summed E-state index contributed by atoms with van der Waals surface area (Å²) >= 11 is 0. The first-order valence-corrected chi connectivity index (χ1v) is 4.93. The van der Waals surface area contributed by atoms with Gasteiger partial charge in [-0.05, 0) is 24.3 Å². The summed E-state index contributed by atoms with van der Waals surface area (Å²) in [6, 6.07) is 5.88. The highest BCUT2D eigenvalue weighted by molar-refractivity contribution is 7.89. The van der Waals surface area contributed by atoms with Crippen molar-refractivity contribution in [2.24, 2.45) is 10.2 Å². The molecule has 5 nitrogen and oxygen atoms in total. The average molecular weight is 199 g/mol. The van der Waals surface area contributed by atoms with Gasteiger partial charge in [-0.15, -0.1) is 0 Å². The van der Waals surface area contributed by atoms with Crippen molar-refractivity contribution in [3.8, 4) is 0 Å². The van der Waals surface area contributed by atoms with Crippen molar-refractivity contribution >= 4 is 22.4 Å². The van der Waals surface area contributed by atoms with Crippen molar-refractivity contribution in [1.82, 2.24) is 0 Å². The predicted octanol–water partition coefficient (Wildman–Crippen LogP) is 0.362. The zero-order chi connectivity index (χ0) is 9.90. The van der Waals surface area contributed by atoms with Crippen LogP contribution in [0, 0.1) is 0 Å². The maximum atomic E-state index is 10.8. The zero-order valence-electron chi connectivity index (χ0n) is 6.77. The first-order chi connectivity index (χ1) is 6.04. The molecule has 0 aromatic heterocycles. The smallest absolute Gasteiger partial charge is 0.238 e. The maximum Gasteiger partial charge on any atom is 0.238 e. The lowest BCUT2D eigenvalue weighted by molar-refractivity contribution is 0.598. The van der Waals surface area contributed by atoms with Crippen molar-refractivity contribution in [2.75, 3.05) is 5.43 Å². The van der Waals surface area contributed by atoms with Gasteiger partial charge < -0.3 is 0 Å². The lowest BCUT2D eigenvalue weighted by Gasteiger charge is -2.00. The Morgan fingerprint density at radius 3 is 2.23 bits per heavy atom. The minimum absolute atomic E-state index is 0.0714. The van der Waals surface area contributed by atoms with Crippen LogP contribution < -0.4 is 10.6 Å². The molecule has 0 radical (unpaired) electrons. The molecule has 0 heterocycles. The molecule has 0 fully saturated rings. The number of hydrogen-bond donors (Lipinski definition) is 2. The normalized spacial score (nSPS) is 10.8. The van der Waals surface area contributed by atoms with Crippen molar-refractivity contribution in [3.05, 3.63) is 24.3 Å². The Morgan fingerprint density at radius 1 is 1.31 bits per heavy atom. The fourth-order valence-corrected chi connectivity index (χ4v) is 1.33. The molecule has 0 spiro atoms. The minimum atomic E-state index is -3.61. The first kappa shape index (κ1) is 9.69. The number of hydrazone groups is 1. The SMILES string of the molecule is C=NNc1ccc(S(N)(=O)=O)cc1. The van der Waals surface area contributed by atoms with Crippen LogP contribution in [-0.2, 0) is 10.0 Å². The van der Waals surface area contributed by atoms with Gasteiger partial charge in [0.15, 0.2) is 0 Å². The molecule has 0 unspecified atom stereocenters. The van der Waals surface area contributed by atoms with Gasteiger partial charge in [-0.1, -0.05) is 0 Å². The van der Waals surface area contributed by atoms with Crippen molar-refractivity contribution in [3.63, 3.8) is 0 Å². The van der Waals surface area contributed by atoms with Crippen LogP contribution in [0.3, 0.4) is 0 Å². The van der Waals surface area contributed by atoms with E-state index >= 15 is 0 Å². The summed E-state index contributed by atoms with van der Waals surface area (Å²) in [6.07, 6.45) is 0. The molecule has 6 heteroatoms. The quantitative estimate of drug-likeness (QED) is 0.544. The summed E-state index contributed by atoms with van der Waals surface area (Å²) in [5, 5.41) is 8.31. The Hall–Kier alpha value is -1.40. The molecule has 0 bridgehead atoms. The number of nitrogens with zero attached hydrogens (tertiary/aromatic N) is 1. The molecule has 70 valence electrons. The lowest BCUT2D eigenvalue weighted by atomic mass is 10.3. The van der Waals surface area contributed by atoms with Gasteiger partial charge in [0, 0.05) is 6.72 Å². The van der Waals surface area contributed by atoms with Gasteiger partial charge >= 0.3 is 0 Å². The second-order valence-corrected chi connectivity index (χ2v) is 3.90. The average Bonchev–Trinajstić information content (AvgIpc) is 2.04. The fourth-order valence-electron chi connectivity index (χ4n) is 0.810. The Labute approximate surface area is 76.3 Å². The van der Waals surface area contributed by atoms with E-state index in [1.54, 1.807) is 12.1 Å². The van der Waals surface area contributed by atoms with Crippen LogP contribution in [-0.4, -0.2) is 15.1 Å². The van der Waals surface area contributed by atoms with Crippen molar-refractivity contribution in [1.29, 1.82) is 0 Å². The third kappa shape index (κ3) is 2.53. The number of benzene rings is 1. The highest BCUT2D eigenvalue weighted by atomic mass is 32.2. The van der Waals surface area contributed by atoms with Crippen LogP contribution in [0.2, 0.25) is 0 Å². The molecular formula is C7H9N3O2S. The molecule has 0 amide bonds. The monoisotopic (exact) mass is 199 g/mol. The van der Waals surface area contributed by atoms with E-state index < -0.39 is 10.0 Å². The van der Waals surface area contributed by atoms with Crippen LogP contribution in [0.4, 0.5) is 5.69 Å². The van der Waals surface area contributed by atoms with E-state index in [1.807, 2.05) is 0 Å². The summed E-state index contributed by atoms with van der Waals surface area (Å²) in [6.45, 7) is 3.22. The van der Waals surface area contributed by atoms with E-state index in [4.69, 9.17) is 5.14 Å². The summed E-state index contributed by atoms with van der Waals surface area (Å²) in [4.78, 5) is 0.0714. The van der Waals surface area contributed by atoms with Crippen LogP contribution in [0.25, 0.3) is 0 Å². The Bertz CT molecular complexity index is 396. The van der Waals surface area contributed by atoms with E-state index in [9.17, 15) is 8.42 Å². The highest BCUT2D eigenvalue weighted by Crippen LogP contribution is 2.12. The largest absolute Gasteiger partial charge is 0.279 e. The summed E-state index contributed by atoms with van der Waals surface area (Å²) < 4.78 is 21.6. The maximum absolute atomic E-state index is 10.8. The molecule has 0 saturated heterocycles. The number of primary sulfonamides is 1. The molecule has 0 saturated carbocycles. The predicted molar refractivity (Wildman–Crippen MR) is 51.0 cm³/mol. The second-order valence-electron chi connectivity index (χ2n) is 2.34. The third-order valence-electron chi connectivity index (χ3n) is 1.39. The summed E-state index contributed by atoms with van der Waals surface area (Å²) in [5.41, 5.74) is 3.22. The molecule has 0 aliphatic rings.